The summed E-state index contributed by atoms with van der Waals surface area (Å²) in [6.45, 7) is 1.93. The molecule has 1 aliphatic heterocycles. The molecule has 26 heavy (non-hydrogen) atoms. The summed E-state index contributed by atoms with van der Waals surface area (Å²) in [5.74, 6) is -1.52. The predicted molar refractivity (Wildman–Crippen MR) is 99.0 cm³/mol. The van der Waals surface area contributed by atoms with Gasteiger partial charge >= 0.3 is 0 Å². The minimum atomic E-state index is -0.769. The van der Waals surface area contributed by atoms with Crippen molar-refractivity contribution in [3.05, 3.63) is 59.7 Å². The lowest BCUT2D eigenvalue weighted by Gasteiger charge is -2.25. The Balaban J connectivity index is 1.83. The maximum absolute atomic E-state index is 14.2. The van der Waals surface area contributed by atoms with Gasteiger partial charge in [0.25, 0.3) is 0 Å². The van der Waals surface area contributed by atoms with Crippen molar-refractivity contribution in [1.82, 2.24) is 0 Å². The van der Waals surface area contributed by atoms with Crippen molar-refractivity contribution in [2.75, 3.05) is 16.0 Å². The van der Waals surface area contributed by atoms with Crippen molar-refractivity contribution in [2.24, 2.45) is 0 Å². The monoisotopic (exact) mass is 376 g/mol. The SMILES string of the molecule is CCCC(=O)Nc1ccc([C@@H]2SCC(=O)N2c2ccc(F)cc2F)cc1. The first-order valence-electron chi connectivity index (χ1n) is 8.28. The van der Waals surface area contributed by atoms with E-state index in [2.05, 4.69) is 5.32 Å². The van der Waals surface area contributed by atoms with E-state index in [-0.39, 0.29) is 23.3 Å². The van der Waals surface area contributed by atoms with E-state index >= 15 is 0 Å². The Kier molecular flexibility index (Phi) is 5.56. The number of hydrogen-bond acceptors (Lipinski definition) is 3. The third kappa shape index (κ3) is 3.88. The fraction of sp³-hybridized carbons (Fsp3) is 0.263. The fourth-order valence-corrected chi connectivity index (χ4v) is 3.96. The van der Waals surface area contributed by atoms with Crippen LogP contribution < -0.4 is 10.2 Å². The number of benzene rings is 2. The van der Waals surface area contributed by atoms with Crippen LogP contribution in [-0.4, -0.2) is 17.6 Å². The van der Waals surface area contributed by atoms with Crippen LogP contribution in [0.2, 0.25) is 0 Å². The second-order valence-corrected chi connectivity index (χ2v) is 7.01. The van der Waals surface area contributed by atoms with Crippen LogP contribution in [0.5, 0.6) is 0 Å². The molecule has 0 radical (unpaired) electrons. The second kappa shape index (κ2) is 7.86. The standard InChI is InChI=1S/C19H18F2N2O2S/c1-2-3-17(24)22-14-7-4-12(5-8-14)19-23(18(25)11-26-19)16-9-6-13(20)10-15(16)21/h4-10,19H,2-3,11H2,1H3,(H,22,24)/t19-/m0/s1. The van der Waals surface area contributed by atoms with Crippen LogP contribution >= 0.6 is 11.8 Å². The molecule has 4 nitrogen and oxygen atoms in total. The highest BCUT2D eigenvalue weighted by Crippen LogP contribution is 2.42. The first-order valence-corrected chi connectivity index (χ1v) is 9.33. The molecular formula is C19H18F2N2O2S. The van der Waals surface area contributed by atoms with Crippen LogP contribution in [0.1, 0.15) is 30.7 Å². The molecule has 1 N–H and O–H groups in total. The smallest absolute Gasteiger partial charge is 0.238 e. The highest BCUT2D eigenvalue weighted by molar-refractivity contribution is 8.00. The van der Waals surface area contributed by atoms with E-state index in [9.17, 15) is 18.4 Å². The van der Waals surface area contributed by atoms with Crippen molar-refractivity contribution in [2.45, 2.75) is 25.1 Å². The lowest BCUT2D eigenvalue weighted by molar-refractivity contribution is -0.116. The van der Waals surface area contributed by atoms with Crippen LogP contribution in [0.3, 0.4) is 0 Å². The fourth-order valence-electron chi connectivity index (χ4n) is 2.79. The number of carbonyl (C=O) groups excluding carboxylic acids is 2. The van der Waals surface area contributed by atoms with Gasteiger partial charge in [-0.2, -0.15) is 0 Å². The van der Waals surface area contributed by atoms with Gasteiger partial charge in [-0.25, -0.2) is 8.78 Å². The molecule has 2 aromatic rings. The summed E-state index contributed by atoms with van der Waals surface area (Å²) in [4.78, 5) is 25.3. The molecule has 1 atom stereocenters. The Morgan fingerprint density at radius 1 is 1.23 bits per heavy atom. The molecule has 7 heteroatoms. The largest absolute Gasteiger partial charge is 0.326 e. The Bertz CT molecular complexity index is 827. The number of amides is 2. The van der Waals surface area contributed by atoms with Gasteiger partial charge in [-0.15, -0.1) is 11.8 Å². The zero-order valence-electron chi connectivity index (χ0n) is 14.2. The van der Waals surface area contributed by atoms with Gasteiger partial charge in [-0.05, 0) is 36.2 Å². The number of hydrogen-bond donors (Lipinski definition) is 1. The highest BCUT2D eigenvalue weighted by atomic mass is 32.2. The van der Waals surface area contributed by atoms with Gasteiger partial charge in [0.05, 0.1) is 11.4 Å². The number of nitrogens with one attached hydrogen (secondary N) is 1. The number of rotatable bonds is 5. The predicted octanol–water partition coefficient (Wildman–Crippen LogP) is 4.48. The molecule has 0 unspecified atom stereocenters. The van der Waals surface area contributed by atoms with Gasteiger partial charge in [0, 0.05) is 18.2 Å². The van der Waals surface area contributed by atoms with Gasteiger partial charge in [-0.3, -0.25) is 14.5 Å². The normalized spacial score (nSPS) is 16.8. The molecule has 3 rings (SSSR count). The number of carbonyl (C=O) groups is 2. The average Bonchev–Trinajstić information content (AvgIpc) is 2.97. The van der Waals surface area contributed by atoms with Crippen LogP contribution in [0.15, 0.2) is 42.5 Å². The molecule has 0 aliphatic carbocycles. The van der Waals surface area contributed by atoms with Crippen molar-refractivity contribution < 1.29 is 18.4 Å². The maximum Gasteiger partial charge on any atom is 0.238 e. The van der Waals surface area contributed by atoms with E-state index in [4.69, 9.17) is 0 Å². The van der Waals surface area contributed by atoms with Crippen molar-refractivity contribution in [3.63, 3.8) is 0 Å². The topological polar surface area (TPSA) is 49.4 Å². The Labute approximate surface area is 154 Å². The number of thioether (sulfide) groups is 1. The van der Waals surface area contributed by atoms with Gasteiger partial charge in [-0.1, -0.05) is 19.1 Å². The summed E-state index contributed by atoms with van der Waals surface area (Å²) in [7, 11) is 0. The molecule has 1 aliphatic rings. The zero-order chi connectivity index (χ0) is 18.7. The molecule has 0 spiro atoms. The summed E-state index contributed by atoms with van der Waals surface area (Å²) in [5, 5.41) is 2.40. The molecule has 1 fully saturated rings. The van der Waals surface area contributed by atoms with Crippen molar-refractivity contribution in [3.8, 4) is 0 Å². The van der Waals surface area contributed by atoms with Crippen LogP contribution in [0, 0.1) is 11.6 Å². The molecule has 1 saturated heterocycles. The third-order valence-electron chi connectivity index (χ3n) is 3.99. The quantitative estimate of drug-likeness (QED) is 0.837. The summed E-state index contributed by atoms with van der Waals surface area (Å²) in [5.41, 5.74) is 1.53. The van der Waals surface area contributed by atoms with E-state index in [1.165, 1.54) is 22.7 Å². The first-order chi connectivity index (χ1) is 12.5. The summed E-state index contributed by atoms with van der Waals surface area (Å²) < 4.78 is 27.3. The van der Waals surface area contributed by atoms with E-state index in [1.54, 1.807) is 24.3 Å². The molecular weight excluding hydrogens is 358 g/mol. The van der Waals surface area contributed by atoms with Gasteiger partial charge < -0.3 is 5.32 Å². The summed E-state index contributed by atoms with van der Waals surface area (Å²) in [6.07, 6.45) is 1.22. The minimum absolute atomic E-state index is 0.0549. The molecule has 1 heterocycles. The highest BCUT2D eigenvalue weighted by Gasteiger charge is 2.35. The molecule has 0 bridgehead atoms. The van der Waals surface area contributed by atoms with Gasteiger partial charge in [0.2, 0.25) is 11.8 Å². The lowest BCUT2D eigenvalue weighted by Crippen LogP contribution is -2.28. The van der Waals surface area contributed by atoms with Crippen molar-refractivity contribution >= 4 is 35.0 Å². The Morgan fingerprint density at radius 2 is 1.96 bits per heavy atom. The average molecular weight is 376 g/mol. The summed E-state index contributed by atoms with van der Waals surface area (Å²) >= 11 is 1.38. The molecule has 2 aromatic carbocycles. The number of nitrogens with zero attached hydrogens (tertiary/aromatic N) is 1. The second-order valence-electron chi connectivity index (χ2n) is 5.94. The summed E-state index contributed by atoms with van der Waals surface area (Å²) in [6, 6.07) is 10.3. The van der Waals surface area contributed by atoms with E-state index in [0.29, 0.717) is 12.1 Å². The Morgan fingerprint density at radius 3 is 2.62 bits per heavy atom. The van der Waals surface area contributed by atoms with Gasteiger partial charge in [0.15, 0.2) is 0 Å². The van der Waals surface area contributed by atoms with E-state index in [0.717, 1.165) is 24.1 Å². The van der Waals surface area contributed by atoms with E-state index in [1.807, 2.05) is 6.92 Å². The van der Waals surface area contributed by atoms with Crippen LogP contribution in [0.4, 0.5) is 20.2 Å². The zero-order valence-corrected chi connectivity index (χ0v) is 15.0. The maximum atomic E-state index is 14.2. The number of halogens is 2. The molecule has 0 saturated carbocycles. The lowest BCUT2D eigenvalue weighted by atomic mass is 10.1. The van der Waals surface area contributed by atoms with Gasteiger partial charge in [0.1, 0.15) is 17.0 Å². The minimum Gasteiger partial charge on any atom is -0.326 e. The molecule has 0 aromatic heterocycles. The van der Waals surface area contributed by atoms with Crippen LogP contribution in [0.25, 0.3) is 0 Å². The van der Waals surface area contributed by atoms with E-state index < -0.39 is 17.0 Å². The Hall–Kier alpha value is -2.41. The number of anilines is 2. The third-order valence-corrected chi connectivity index (χ3v) is 5.21. The molecule has 2 amide bonds. The van der Waals surface area contributed by atoms with Crippen molar-refractivity contribution in [1.29, 1.82) is 0 Å². The molecule has 136 valence electrons. The first kappa shape index (κ1) is 18.4. The van der Waals surface area contributed by atoms with Crippen LogP contribution in [-0.2, 0) is 9.59 Å².